The molecule has 0 saturated heterocycles. The van der Waals surface area contributed by atoms with E-state index in [0.717, 1.165) is 44.3 Å². The summed E-state index contributed by atoms with van der Waals surface area (Å²) in [6.07, 6.45) is 6.75. The van der Waals surface area contributed by atoms with Crippen LogP contribution in [0.2, 0.25) is 0 Å². The van der Waals surface area contributed by atoms with Gasteiger partial charge >= 0.3 is 0 Å². The topological polar surface area (TPSA) is 87.8 Å². The molecule has 0 aliphatic heterocycles. The van der Waals surface area contributed by atoms with Crippen LogP contribution in [0.1, 0.15) is 52.7 Å². The first-order valence-electron chi connectivity index (χ1n) is 17.7. The number of hydrogen-bond acceptors (Lipinski definition) is 7. The van der Waals surface area contributed by atoms with Crippen LogP contribution in [0, 0.1) is 0 Å². The van der Waals surface area contributed by atoms with Crippen LogP contribution in [0.4, 0.5) is 0 Å². The molecule has 4 aromatic heterocycles. The zero-order valence-electron chi connectivity index (χ0n) is 30.7. The van der Waals surface area contributed by atoms with Crippen LogP contribution in [0.15, 0.2) is 134 Å². The summed E-state index contributed by atoms with van der Waals surface area (Å²) < 4.78 is 15.0. The molecular formula is C45H40N6O2. The van der Waals surface area contributed by atoms with Gasteiger partial charge in [0.15, 0.2) is 0 Å². The van der Waals surface area contributed by atoms with Crippen molar-refractivity contribution in [3.05, 3.63) is 145 Å². The molecule has 8 heteroatoms. The maximum absolute atomic E-state index is 6.49. The molecule has 0 N–H and O–H groups in total. The molecule has 0 saturated carbocycles. The summed E-state index contributed by atoms with van der Waals surface area (Å²) in [4.78, 5) is 22.4. The van der Waals surface area contributed by atoms with E-state index in [4.69, 9.17) is 9.47 Å². The lowest BCUT2D eigenvalue weighted by atomic mass is 9.87. The monoisotopic (exact) mass is 696 g/mol. The quantitative estimate of drug-likeness (QED) is 0.164. The molecule has 4 heterocycles. The standard InChI is InChI=1S/C45H40N6O2/c1-44(2,3)31-17-19-47-39(23-31)29-9-7-11-33(21-29)52-35-13-15-37-38-16-14-36(26-42(38)51(41(37)25-35)43-49-27-46-28-50-43)53-34-12-8-10-30(22-34)40-24-32(18-20-48-40)45(4,5)6/h7-28H,1-6H3. The predicted molar refractivity (Wildman–Crippen MR) is 211 cm³/mol. The molecule has 0 fully saturated rings. The van der Waals surface area contributed by atoms with Crippen LogP contribution < -0.4 is 9.47 Å². The molecule has 0 bridgehead atoms. The molecule has 4 aromatic carbocycles. The fourth-order valence-electron chi connectivity index (χ4n) is 6.49. The van der Waals surface area contributed by atoms with Gasteiger partial charge in [-0.05, 0) is 94.8 Å². The second-order valence-corrected chi connectivity index (χ2v) is 15.3. The molecule has 8 nitrogen and oxygen atoms in total. The summed E-state index contributed by atoms with van der Waals surface area (Å²) in [6.45, 7) is 13.2. The number of ether oxygens (including phenoxy) is 2. The van der Waals surface area contributed by atoms with Gasteiger partial charge in [0.05, 0.1) is 22.4 Å². The number of aromatic nitrogens is 6. The van der Waals surface area contributed by atoms with E-state index in [9.17, 15) is 0 Å². The summed E-state index contributed by atoms with van der Waals surface area (Å²) >= 11 is 0. The maximum Gasteiger partial charge on any atom is 0.237 e. The average molecular weight is 697 g/mol. The Morgan fingerprint density at radius 3 is 1.38 bits per heavy atom. The Balaban J connectivity index is 1.14. The van der Waals surface area contributed by atoms with E-state index in [-0.39, 0.29) is 10.8 Å². The van der Waals surface area contributed by atoms with E-state index in [2.05, 4.69) is 115 Å². The van der Waals surface area contributed by atoms with Gasteiger partial charge in [-0.25, -0.2) is 15.0 Å². The number of pyridine rings is 2. The van der Waals surface area contributed by atoms with Crippen molar-refractivity contribution >= 4 is 21.8 Å². The molecule has 262 valence electrons. The van der Waals surface area contributed by atoms with Gasteiger partial charge in [0.1, 0.15) is 35.7 Å². The van der Waals surface area contributed by atoms with Crippen molar-refractivity contribution in [3.8, 4) is 51.5 Å². The van der Waals surface area contributed by atoms with Gasteiger partial charge in [-0.2, -0.15) is 0 Å². The van der Waals surface area contributed by atoms with Crippen molar-refractivity contribution in [1.29, 1.82) is 0 Å². The zero-order chi connectivity index (χ0) is 36.7. The van der Waals surface area contributed by atoms with E-state index >= 15 is 0 Å². The molecule has 0 radical (unpaired) electrons. The normalized spacial score (nSPS) is 12.0. The highest BCUT2D eigenvalue weighted by Gasteiger charge is 2.19. The molecule has 0 amide bonds. The van der Waals surface area contributed by atoms with Crippen LogP contribution >= 0.6 is 0 Å². The largest absolute Gasteiger partial charge is 0.457 e. The minimum absolute atomic E-state index is 0.0208. The molecule has 8 aromatic rings. The third-order valence-corrected chi connectivity index (χ3v) is 9.37. The minimum Gasteiger partial charge on any atom is -0.457 e. The highest BCUT2D eigenvalue weighted by molar-refractivity contribution is 6.09. The Morgan fingerprint density at radius 1 is 0.472 bits per heavy atom. The van der Waals surface area contributed by atoms with E-state index in [1.54, 1.807) is 0 Å². The Kier molecular flexibility index (Phi) is 8.45. The number of nitrogens with zero attached hydrogens (tertiary/aromatic N) is 6. The molecule has 0 aliphatic rings. The number of rotatable bonds is 7. The fraction of sp³-hybridized carbons (Fsp3) is 0.178. The van der Waals surface area contributed by atoms with Gasteiger partial charge < -0.3 is 9.47 Å². The summed E-state index contributed by atoms with van der Waals surface area (Å²) in [7, 11) is 0. The zero-order valence-corrected chi connectivity index (χ0v) is 30.7. The first-order chi connectivity index (χ1) is 25.5. The second-order valence-electron chi connectivity index (χ2n) is 15.3. The number of benzene rings is 4. The van der Waals surface area contributed by atoms with Crippen LogP contribution in [-0.2, 0) is 10.8 Å². The molecular weight excluding hydrogens is 657 g/mol. The molecule has 0 atom stereocenters. The van der Waals surface area contributed by atoms with Crippen molar-refractivity contribution in [1.82, 2.24) is 29.5 Å². The van der Waals surface area contributed by atoms with Gasteiger partial charge in [0.2, 0.25) is 5.95 Å². The second kappa shape index (κ2) is 13.3. The van der Waals surface area contributed by atoms with Crippen molar-refractivity contribution in [3.63, 3.8) is 0 Å². The van der Waals surface area contributed by atoms with Gasteiger partial charge in [-0.15, -0.1) is 0 Å². The van der Waals surface area contributed by atoms with Gasteiger partial charge in [-0.3, -0.25) is 14.5 Å². The first-order valence-corrected chi connectivity index (χ1v) is 17.7. The Bertz CT molecular complexity index is 2440. The Morgan fingerprint density at radius 2 is 0.925 bits per heavy atom. The molecule has 0 spiro atoms. The molecule has 0 unspecified atom stereocenters. The van der Waals surface area contributed by atoms with Gasteiger partial charge in [-0.1, -0.05) is 65.8 Å². The maximum atomic E-state index is 6.49. The van der Waals surface area contributed by atoms with Gasteiger partial charge in [0, 0.05) is 46.4 Å². The van der Waals surface area contributed by atoms with E-state index in [1.165, 1.54) is 23.8 Å². The van der Waals surface area contributed by atoms with E-state index < -0.39 is 0 Å². The smallest absolute Gasteiger partial charge is 0.237 e. The SMILES string of the molecule is CC(C)(C)c1ccnc(-c2cccc(Oc3ccc4c5ccc(Oc6cccc(-c7cc(C(C)(C)C)ccn7)c6)cc5n(-c5ncncn5)c4c3)c2)c1. The molecule has 53 heavy (non-hydrogen) atoms. The minimum atomic E-state index is 0.0208. The molecule has 0 aliphatic carbocycles. The average Bonchev–Trinajstić information content (AvgIpc) is 3.47. The van der Waals surface area contributed by atoms with Crippen molar-refractivity contribution in [2.24, 2.45) is 0 Å². The predicted octanol–water partition coefficient (Wildman–Crippen LogP) is 11.3. The van der Waals surface area contributed by atoms with Crippen molar-refractivity contribution in [2.45, 2.75) is 52.4 Å². The van der Waals surface area contributed by atoms with E-state index in [0.29, 0.717) is 28.9 Å². The summed E-state index contributed by atoms with van der Waals surface area (Å²) in [5.41, 5.74) is 8.07. The lowest BCUT2D eigenvalue weighted by Gasteiger charge is -2.19. The van der Waals surface area contributed by atoms with Crippen LogP contribution in [0.25, 0.3) is 50.3 Å². The lowest BCUT2D eigenvalue weighted by molar-refractivity contribution is 0.483. The third kappa shape index (κ3) is 6.96. The Labute approximate surface area is 309 Å². The molecule has 8 rings (SSSR count). The van der Waals surface area contributed by atoms with Crippen LogP contribution in [0.5, 0.6) is 23.0 Å². The number of hydrogen-bond donors (Lipinski definition) is 0. The lowest BCUT2D eigenvalue weighted by Crippen LogP contribution is -2.11. The van der Waals surface area contributed by atoms with Crippen LogP contribution in [0.3, 0.4) is 0 Å². The third-order valence-electron chi connectivity index (χ3n) is 9.37. The highest BCUT2D eigenvalue weighted by Crippen LogP contribution is 2.38. The summed E-state index contributed by atoms with van der Waals surface area (Å²) in [6, 6.07) is 36.7. The summed E-state index contributed by atoms with van der Waals surface area (Å²) in [5.74, 6) is 3.29. The van der Waals surface area contributed by atoms with Crippen molar-refractivity contribution < 1.29 is 9.47 Å². The first kappa shape index (κ1) is 33.7. The Hall–Kier alpha value is -6.41. The summed E-state index contributed by atoms with van der Waals surface area (Å²) in [5, 5.41) is 2.06. The fourth-order valence-corrected chi connectivity index (χ4v) is 6.49. The van der Waals surface area contributed by atoms with E-state index in [1.807, 2.05) is 77.6 Å². The van der Waals surface area contributed by atoms with Gasteiger partial charge in [0.25, 0.3) is 0 Å². The number of fused-ring (bicyclic) bond motifs is 3. The van der Waals surface area contributed by atoms with Crippen LogP contribution in [-0.4, -0.2) is 29.5 Å². The highest BCUT2D eigenvalue weighted by atomic mass is 16.5. The van der Waals surface area contributed by atoms with Crippen molar-refractivity contribution in [2.75, 3.05) is 0 Å².